The molecule has 0 amide bonds. The maximum Gasteiger partial charge on any atom is 0.0706 e. The zero-order valence-corrected chi connectivity index (χ0v) is 20.2. The van der Waals surface area contributed by atoms with Crippen LogP contribution in [0.1, 0.15) is 5.69 Å². The van der Waals surface area contributed by atoms with Crippen LogP contribution in [0.25, 0.3) is 43.5 Å². The average Bonchev–Trinajstić information content (AvgIpc) is 3.23. The van der Waals surface area contributed by atoms with Crippen LogP contribution >= 0.6 is 11.6 Å². The molecule has 0 saturated heterocycles. The Bertz CT molecular complexity index is 1920. The molecule has 0 aliphatic rings. The Morgan fingerprint density at radius 2 is 1.44 bits per heavy atom. The molecule has 3 nitrogen and oxygen atoms in total. The molecule has 0 aliphatic carbocycles. The van der Waals surface area contributed by atoms with Crippen LogP contribution in [-0.4, -0.2) is 9.55 Å². The molecule has 0 fully saturated rings. The minimum Gasteiger partial charge on any atom is -0.354 e. The highest BCUT2D eigenvalue weighted by molar-refractivity contribution is 6.33. The van der Waals surface area contributed by atoms with Crippen molar-refractivity contribution in [3.8, 4) is 0 Å². The number of pyridine rings is 1. The van der Waals surface area contributed by atoms with Crippen LogP contribution in [0.5, 0.6) is 0 Å². The van der Waals surface area contributed by atoms with Gasteiger partial charge < -0.3 is 9.88 Å². The first kappa shape index (κ1) is 21.0. The molecule has 7 aromatic rings. The molecular weight excluding hydrogens is 462 g/mol. The van der Waals surface area contributed by atoms with E-state index in [0.717, 1.165) is 33.5 Å². The molecule has 2 heterocycles. The number of nitrogens with zero attached hydrogens (tertiary/aromatic N) is 2. The van der Waals surface area contributed by atoms with Gasteiger partial charge in [-0.1, -0.05) is 84.4 Å². The molecule has 4 heteroatoms. The monoisotopic (exact) mass is 483 g/mol. The molecule has 0 saturated carbocycles. The van der Waals surface area contributed by atoms with Crippen LogP contribution < -0.4 is 5.32 Å². The van der Waals surface area contributed by atoms with Crippen LogP contribution in [-0.2, 0) is 6.54 Å². The highest BCUT2D eigenvalue weighted by atomic mass is 35.5. The number of fused-ring (bicyclic) bond motifs is 6. The Labute approximate surface area is 213 Å². The Hall–Kier alpha value is -4.34. The zero-order valence-electron chi connectivity index (χ0n) is 19.4. The fourth-order valence-corrected chi connectivity index (χ4v) is 5.37. The molecular formula is C32H22ClN3. The summed E-state index contributed by atoms with van der Waals surface area (Å²) in [6.45, 7) is 0.679. The Balaban J connectivity index is 1.45. The lowest BCUT2D eigenvalue weighted by molar-refractivity contribution is 0.841. The number of para-hydroxylation sites is 2. The van der Waals surface area contributed by atoms with Gasteiger partial charge >= 0.3 is 0 Å². The molecule has 0 atom stereocenters. The maximum absolute atomic E-state index is 6.43. The summed E-state index contributed by atoms with van der Waals surface area (Å²) < 4.78 is 2.38. The molecule has 5 aromatic carbocycles. The van der Waals surface area contributed by atoms with E-state index in [1.807, 2.05) is 30.3 Å². The topological polar surface area (TPSA) is 29.9 Å². The average molecular weight is 484 g/mol. The molecule has 7 rings (SSSR count). The van der Waals surface area contributed by atoms with E-state index < -0.39 is 0 Å². The first-order chi connectivity index (χ1) is 17.7. The van der Waals surface area contributed by atoms with Gasteiger partial charge in [-0.2, -0.15) is 0 Å². The molecule has 0 aliphatic heterocycles. The number of aromatic nitrogens is 2. The Morgan fingerprint density at radius 1 is 0.667 bits per heavy atom. The summed E-state index contributed by atoms with van der Waals surface area (Å²) in [4.78, 5) is 4.97. The quantitative estimate of drug-likeness (QED) is 0.271. The standard InChI is InChI=1S/C32H22ClN3/c33-27-10-4-6-12-29(27)34-23-16-17-26-31(19-23)36(20-24-15-13-22-8-2-5-11-28(22)35-24)30-18-14-21-7-1-3-9-25(21)32(26)30/h1-19,34H,20H2. The van der Waals surface area contributed by atoms with Gasteiger partial charge in [0.25, 0.3) is 0 Å². The van der Waals surface area contributed by atoms with E-state index in [0.29, 0.717) is 11.6 Å². The van der Waals surface area contributed by atoms with Crippen LogP contribution in [0.15, 0.2) is 115 Å². The predicted molar refractivity (Wildman–Crippen MR) is 153 cm³/mol. The molecule has 0 bridgehead atoms. The first-order valence-corrected chi connectivity index (χ1v) is 12.4. The molecule has 2 aromatic heterocycles. The summed E-state index contributed by atoms with van der Waals surface area (Å²) >= 11 is 6.43. The number of nitrogens with one attached hydrogen (secondary N) is 1. The van der Waals surface area contributed by atoms with Gasteiger partial charge in [0.05, 0.1) is 39.5 Å². The second-order valence-electron chi connectivity index (χ2n) is 9.10. The summed E-state index contributed by atoms with van der Waals surface area (Å²) in [5, 5.41) is 10.4. The summed E-state index contributed by atoms with van der Waals surface area (Å²) in [6, 6.07) is 40.0. The highest BCUT2D eigenvalue weighted by Crippen LogP contribution is 2.37. The minimum atomic E-state index is 0.679. The second kappa shape index (κ2) is 8.40. The van der Waals surface area contributed by atoms with Gasteiger partial charge in [0.15, 0.2) is 0 Å². The van der Waals surface area contributed by atoms with Crippen LogP contribution in [0.2, 0.25) is 5.02 Å². The van der Waals surface area contributed by atoms with Crippen molar-refractivity contribution in [2.75, 3.05) is 5.32 Å². The highest BCUT2D eigenvalue weighted by Gasteiger charge is 2.15. The number of halogens is 1. The van der Waals surface area contributed by atoms with Gasteiger partial charge in [0.2, 0.25) is 0 Å². The largest absolute Gasteiger partial charge is 0.354 e. The van der Waals surface area contributed by atoms with Crippen molar-refractivity contribution in [2.45, 2.75) is 6.54 Å². The van der Waals surface area contributed by atoms with Gasteiger partial charge in [-0.05, 0) is 53.2 Å². The summed E-state index contributed by atoms with van der Waals surface area (Å²) in [6.07, 6.45) is 0. The molecule has 1 N–H and O–H groups in total. The van der Waals surface area contributed by atoms with Crippen molar-refractivity contribution in [1.82, 2.24) is 9.55 Å². The van der Waals surface area contributed by atoms with Gasteiger partial charge in [-0.3, -0.25) is 4.98 Å². The molecule has 36 heavy (non-hydrogen) atoms. The third kappa shape index (κ3) is 3.48. The van der Waals surface area contributed by atoms with E-state index >= 15 is 0 Å². The number of anilines is 2. The van der Waals surface area contributed by atoms with Gasteiger partial charge in [-0.15, -0.1) is 0 Å². The van der Waals surface area contributed by atoms with E-state index in [9.17, 15) is 0 Å². The first-order valence-electron chi connectivity index (χ1n) is 12.0. The van der Waals surface area contributed by atoms with Crippen molar-refractivity contribution in [2.24, 2.45) is 0 Å². The van der Waals surface area contributed by atoms with Gasteiger partial charge in [-0.25, -0.2) is 0 Å². The summed E-state index contributed by atoms with van der Waals surface area (Å²) in [7, 11) is 0. The van der Waals surface area contributed by atoms with Crippen molar-refractivity contribution < 1.29 is 0 Å². The van der Waals surface area contributed by atoms with E-state index in [-0.39, 0.29) is 0 Å². The molecule has 0 unspecified atom stereocenters. The summed E-state index contributed by atoms with van der Waals surface area (Å²) in [5.74, 6) is 0. The zero-order chi connectivity index (χ0) is 24.1. The predicted octanol–water partition coefficient (Wildman–Crippen LogP) is 8.94. The van der Waals surface area contributed by atoms with Crippen molar-refractivity contribution in [3.63, 3.8) is 0 Å². The maximum atomic E-state index is 6.43. The smallest absolute Gasteiger partial charge is 0.0706 e. The number of hydrogen-bond donors (Lipinski definition) is 1. The lowest BCUT2D eigenvalue weighted by Crippen LogP contribution is -2.02. The fraction of sp³-hybridized carbons (Fsp3) is 0.0312. The summed E-state index contributed by atoms with van der Waals surface area (Å²) in [5.41, 5.74) is 6.30. The third-order valence-corrected chi connectivity index (χ3v) is 7.21. The second-order valence-corrected chi connectivity index (χ2v) is 9.51. The number of hydrogen-bond acceptors (Lipinski definition) is 2. The van der Waals surface area contributed by atoms with Crippen molar-refractivity contribution in [3.05, 3.63) is 126 Å². The van der Waals surface area contributed by atoms with E-state index in [1.54, 1.807) is 0 Å². The Kier molecular flexibility index (Phi) is 4.90. The lowest BCUT2D eigenvalue weighted by Gasteiger charge is -2.11. The normalized spacial score (nSPS) is 11.6. The van der Waals surface area contributed by atoms with Crippen molar-refractivity contribution in [1.29, 1.82) is 0 Å². The van der Waals surface area contributed by atoms with Crippen molar-refractivity contribution >= 4 is 66.5 Å². The number of rotatable bonds is 4. The van der Waals surface area contributed by atoms with E-state index in [4.69, 9.17) is 16.6 Å². The SMILES string of the molecule is Clc1ccccc1Nc1ccc2c3c4ccccc4ccc3n(Cc3ccc4ccccc4n3)c2c1. The van der Waals surface area contributed by atoms with Crippen LogP contribution in [0, 0.1) is 0 Å². The van der Waals surface area contributed by atoms with Gasteiger partial charge in [0, 0.05) is 21.8 Å². The van der Waals surface area contributed by atoms with E-state index in [1.165, 1.54) is 27.1 Å². The third-order valence-electron chi connectivity index (χ3n) is 6.88. The van der Waals surface area contributed by atoms with Crippen LogP contribution in [0.3, 0.4) is 0 Å². The lowest BCUT2D eigenvalue weighted by atomic mass is 10.0. The van der Waals surface area contributed by atoms with E-state index in [2.05, 4.69) is 94.8 Å². The molecule has 0 radical (unpaired) electrons. The Morgan fingerprint density at radius 3 is 2.36 bits per heavy atom. The molecule has 172 valence electrons. The molecule has 0 spiro atoms. The minimum absolute atomic E-state index is 0.679. The number of benzene rings is 5. The fourth-order valence-electron chi connectivity index (χ4n) is 5.19. The van der Waals surface area contributed by atoms with Gasteiger partial charge in [0.1, 0.15) is 0 Å². The van der Waals surface area contributed by atoms with Crippen LogP contribution in [0.4, 0.5) is 11.4 Å².